The van der Waals surface area contributed by atoms with Crippen molar-refractivity contribution < 1.29 is 28.5 Å². The Bertz CT molecular complexity index is 367. The average Bonchev–Trinajstić information content (AvgIpc) is 2.30. The number of hydrogen-bond donors (Lipinski definition) is 0. The Morgan fingerprint density at radius 2 is 2.05 bits per heavy atom. The maximum absolute atomic E-state index is 11.0. The number of ether oxygens (including phenoxy) is 4. The van der Waals surface area contributed by atoms with Gasteiger partial charge in [0.05, 0.1) is 5.03 Å². The van der Waals surface area contributed by atoms with Crippen LogP contribution < -0.4 is 0 Å². The van der Waals surface area contributed by atoms with Crippen LogP contribution in [0.25, 0.3) is 0 Å². The summed E-state index contributed by atoms with van der Waals surface area (Å²) in [6.07, 6.45) is -0.562. The van der Waals surface area contributed by atoms with Crippen molar-refractivity contribution in [3.8, 4) is 0 Å². The third-order valence-electron chi connectivity index (χ3n) is 2.28. The molecule has 1 rings (SSSR count). The minimum absolute atomic E-state index is 0.0441. The van der Waals surface area contributed by atoms with Gasteiger partial charge in [-0.3, -0.25) is 9.59 Å². The first-order valence-corrected chi connectivity index (χ1v) is 6.26. The van der Waals surface area contributed by atoms with Gasteiger partial charge >= 0.3 is 11.9 Å². The van der Waals surface area contributed by atoms with Crippen LogP contribution in [0.4, 0.5) is 0 Å². The molecule has 0 bridgehead atoms. The lowest BCUT2D eigenvalue weighted by Gasteiger charge is -2.32. The third-order valence-corrected chi connectivity index (χ3v) is 2.59. The molecule has 0 aromatic carbocycles. The smallest absolute Gasteiger partial charge is 0.303 e. The molecule has 0 spiro atoms. The average molecular weight is 293 g/mol. The normalized spacial score (nSPS) is 26.5. The zero-order valence-corrected chi connectivity index (χ0v) is 11.8. The highest BCUT2D eigenvalue weighted by molar-refractivity contribution is 6.30. The Morgan fingerprint density at radius 1 is 1.37 bits per heavy atom. The Kier molecular flexibility index (Phi) is 6.27. The molecule has 0 radical (unpaired) electrons. The van der Waals surface area contributed by atoms with E-state index in [0.717, 1.165) is 0 Å². The quantitative estimate of drug-likeness (QED) is 0.713. The summed E-state index contributed by atoms with van der Waals surface area (Å²) in [5.41, 5.74) is 0. The first kappa shape index (κ1) is 15.9. The van der Waals surface area contributed by atoms with Crippen molar-refractivity contribution in [1.82, 2.24) is 0 Å². The summed E-state index contributed by atoms with van der Waals surface area (Å²) in [6.45, 7) is 4.73. The van der Waals surface area contributed by atoms with E-state index in [-0.39, 0.29) is 6.61 Å². The summed E-state index contributed by atoms with van der Waals surface area (Å²) in [7, 11) is 0. The van der Waals surface area contributed by atoms with Gasteiger partial charge in [0, 0.05) is 20.5 Å². The predicted octanol–water partition coefficient (Wildman–Crippen LogP) is 1.37. The highest BCUT2D eigenvalue weighted by atomic mass is 35.5. The zero-order valence-electron chi connectivity index (χ0n) is 11.1. The minimum atomic E-state index is -0.737. The van der Waals surface area contributed by atoms with Crippen LogP contribution in [0.3, 0.4) is 0 Å². The molecular formula is C12H17ClO6. The monoisotopic (exact) mass is 292 g/mol. The van der Waals surface area contributed by atoms with Crippen molar-refractivity contribution in [3.05, 3.63) is 11.1 Å². The largest absolute Gasteiger partial charge is 0.463 e. The van der Waals surface area contributed by atoms with Crippen LogP contribution in [-0.2, 0) is 28.5 Å². The van der Waals surface area contributed by atoms with Crippen LogP contribution in [0.5, 0.6) is 0 Å². The summed E-state index contributed by atoms with van der Waals surface area (Å²) >= 11 is 5.98. The molecule has 1 aliphatic rings. The number of carbonyl (C=O) groups is 2. The third kappa shape index (κ3) is 5.18. The highest BCUT2D eigenvalue weighted by Crippen LogP contribution is 2.25. The Morgan fingerprint density at radius 3 is 2.58 bits per heavy atom. The fourth-order valence-corrected chi connectivity index (χ4v) is 1.79. The number of carbonyl (C=O) groups excluding carboxylic acids is 2. The lowest BCUT2D eigenvalue weighted by atomic mass is 10.1. The van der Waals surface area contributed by atoms with Crippen LogP contribution in [0.1, 0.15) is 20.8 Å². The zero-order chi connectivity index (χ0) is 14.4. The fourth-order valence-electron chi connectivity index (χ4n) is 1.55. The minimum Gasteiger partial charge on any atom is -0.463 e. The van der Waals surface area contributed by atoms with Gasteiger partial charge < -0.3 is 18.9 Å². The Hall–Kier alpha value is -1.11. The van der Waals surface area contributed by atoms with E-state index in [9.17, 15) is 9.59 Å². The molecule has 108 valence electrons. The topological polar surface area (TPSA) is 71.1 Å². The van der Waals surface area contributed by atoms with Crippen LogP contribution in [0.15, 0.2) is 11.1 Å². The lowest BCUT2D eigenvalue weighted by molar-refractivity contribution is -0.197. The summed E-state index contributed by atoms with van der Waals surface area (Å²) in [5, 5.41) is 0.298. The molecule has 0 N–H and O–H groups in total. The van der Waals surface area contributed by atoms with E-state index in [1.165, 1.54) is 19.9 Å². The van der Waals surface area contributed by atoms with E-state index in [1.807, 2.05) is 0 Å². The molecule has 3 unspecified atom stereocenters. The van der Waals surface area contributed by atoms with Gasteiger partial charge in [-0.25, -0.2) is 0 Å². The molecule has 0 aromatic rings. The lowest BCUT2D eigenvalue weighted by Crippen LogP contribution is -2.43. The van der Waals surface area contributed by atoms with Crippen molar-refractivity contribution in [2.75, 3.05) is 13.2 Å². The molecule has 7 heteroatoms. The van der Waals surface area contributed by atoms with Gasteiger partial charge in [-0.15, -0.1) is 0 Å². The van der Waals surface area contributed by atoms with Crippen LogP contribution in [0.2, 0.25) is 0 Å². The molecule has 3 atom stereocenters. The second-order valence-corrected chi connectivity index (χ2v) is 4.33. The summed E-state index contributed by atoms with van der Waals surface area (Å²) < 4.78 is 20.7. The molecular weight excluding hydrogens is 276 g/mol. The van der Waals surface area contributed by atoms with E-state index in [0.29, 0.717) is 11.6 Å². The standard InChI is InChI=1S/C12H17ClO6/c1-4-16-12-9(13)5-10(18-8(3)15)11(19-12)6-17-7(2)14/h5,10-12H,4,6H2,1-3H3. The van der Waals surface area contributed by atoms with E-state index in [4.69, 9.17) is 30.5 Å². The number of rotatable bonds is 5. The molecule has 19 heavy (non-hydrogen) atoms. The molecule has 0 amide bonds. The molecule has 6 nitrogen and oxygen atoms in total. The van der Waals surface area contributed by atoms with Gasteiger partial charge in [0.15, 0.2) is 12.4 Å². The van der Waals surface area contributed by atoms with Crippen molar-refractivity contribution in [2.24, 2.45) is 0 Å². The van der Waals surface area contributed by atoms with E-state index >= 15 is 0 Å². The summed E-state index contributed by atoms with van der Waals surface area (Å²) in [6, 6.07) is 0. The predicted molar refractivity (Wildman–Crippen MR) is 66.4 cm³/mol. The fraction of sp³-hybridized carbons (Fsp3) is 0.667. The van der Waals surface area contributed by atoms with Crippen molar-refractivity contribution in [1.29, 1.82) is 0 Å². The second kappa shape index (κ2) is 7.47. The van der Waals surface area contributed by atoms with E-state index < -0.39 is 30.4 Å². The van der Waals surface area contributed by atoms with Crippen molar-refractivity contribution in [2.45, 2.75) is 39.3 Å². The first-order valence-electron chi connectivity index (χ1n) is 5.89. The van der Waals surface area contributed by atoms with Gasteiger partial charge in [0.25, 0.3) is 0 Å². The molecule has 0 saturated heterocycles. The molecule has 1 heterocycles. The molecule has 0 aromatic heterocycles. The van der Waals surface area contributed by atoms with Crippen molar-refractivity contribution >= 4 is 23.5 Å². The number of hydrogen-bond acceptors (Lipinski definition) is 6. The maximum Gasteiger partial charge on any atom is 0.303 e. The van der Waals surface area contributed by atoms with Crippen LogP contribution >= 0.6 is 11.6 Å². The summed E-state index contributed by atoms with van der Waals surface area (Å²) in [4.78, 5) is 21.8. The van der Waals surface area contributed by atoms with Gasteiger partial charge in [-0.1, -0.05) is 11.6 Å². The molecule has 0 fully saturated rings. The molecule has 0 aliphatic carbocycles. The van der Waals surface area contributed by atoms with Gasteiger partial charge in [0.2, 0.25) is 0 Å². The first-order chi connectivity index (χ1) is 8.93. The second-order valence-electron chi connectivity index (χ2n) is 3.89. The van der Waals surface area contributed by atoms with Gasteiger partial charge in [-0.05, 0) is 13.0 Å². The summed E-state index contributed by atoms with van der Waals surface area (Å²) in [5.74, 6) is -0.921. The van der Waals surface area contributed by atoms with Gasteiger partial charge in [-0.2, -0.15) is 0 Å². The Labute approximate surface area is 116 Å². The molecule has 0 saturated carbocycles. The van der Waals surface area contributed by atoms with Gasteiger partial charge in [0.1, 0.15) is 12.7 Å². The Balaban J connectivity index is 2.76. The van der Waals surface area contributed by atoms with Crippen LogP contribution in [0, 0.1) is 0 Å². The SMILES string of the molecule is CCOC1OC(COC(C)=O)C(OC(C)=O)C=C1Cl. The van der Waals surface area contributed by atoms with E-state index in [1.54, 1.807) is 6.92 Å². The molecule has 1 aliphatic heterocycles. The number of halogens is 1. The van der Waals surface area contributed by atoms with Crippen LogP contribution in [-0.4, -0.2) is 43.7 Å². The highest BCUT2D eigenvalue weighted by Gasteiger charge is 2.34. The van der Waals surface area contributed by atoms with E-state index in [2.05, 4.69) is 0 Å². The number of esters is 2. The van der Waals surface area contributed by atoms with Crippen molar-refractivity contribution in [3.63, 3.8) is 0 Å². The maximum atomic E-state index is 11.0.